The summed E-state index contributed by atoms with van der Waals surface area (Å²) in [5.41, 5.74) is 20.8. The summed E-state index contributed by atoms with van der Waals surface area (Å²) < 4.78 is 6.94. The van der Waals surface area contributed by atoms with E-state index in [0.717, 1.165) is 56.3 Å². The molecule has 0 spiro atoms. The van der Waals surface area contributed by atoms with E-state index >= 15 is 0 Å². The average molecular weight is 520 g/mol. The van der Waals surface area contributed by atoms with Crippen molar-refractivity contribution in [3.05, 3.63) is 58.0 Å². The van der Waals surface area contributed by atoms with E-state index in [2.05, 4.69) is 10.6 Å². The number of Topliss-reactive ketones (excluding diaryl/α,β-unsaturated/α-hetero) is 1. The SMILES string of the molecule is Nc1ccc2c3c(c(C(=O)NC4CCCNC4)sc13)C(N)C(=O)C2(N)c1cccc(OC2CCCC2)c1. The number of hydrogen-bond acceptors (Lipinski definition) is 8. The van der Waals surface area contributed by atoms with E-state index in [-0.39, 0.29) is 23.8 Å². The molecule has 194 valence electrons. The number of ketones is 1. The fourth-order valence-corrected chi connectivity index (χ4v) is 7.29. The van der Waals surface area contributed by atoms with Crippen LogP contribution in [0.2, 0.25) is 0 Å². The van der Waals surface area contributed by atoms with Gasteiger partial charge in [-0.2, -0.15) is 0 Å². The van der Waals surface area contributed by atoms with Gasteiger partial charge >= 0.3 is 0 Å². The number of carbonyl (C=O) groups is 2. The molecule has 2 fully saturated rings. The molecule has 37 heavy (non-hydrogen) atoms. The third-order valence-corrected chi connectivity index (χ3v) is 9.30. The van der Waals surface area contributed by atoms with Crippen molar-refractivity contribution in [2.24, 2.45) is 11.5 Å². The van der Waals surface area contributed by atoms with E-state index in [1.807, 2.05) is 24.3 Å². The monoisotopic (exact) mass is 519 g/mol. The summed E-state index contributed by atoms with van der Waals surface area (Å²) in [5, 5.41) is 7.14. The molecule has 8 nitrogen and oxygen atoms in total. The number of carbonyl (C=O) groups excluding carboxylic acids is 2. The van der Waals surface area contributed by atoms with E-state index in [0.29, 0.717) is 38.4 Å². The minimum atomic E-state index is -1.49. The van der Waals surface area contributed by atoms with Gasteiger partial charge in [0.2, 0.25) is 0 Å². The Hall–Kier alpha value is -2.98. The highest BCUT2D eigenvalue weighted by Crippen LogP contribution is 2.49. The predicted octanol–water partition coefficient (Wildman–Crippen LogP) is 3.07. The van der Waals surface area contributed by atoms with Gasteiger partial charge < -0.3 is 32.6 Å². The predicted molar refractivity (Wildman–Crippen MR) is 146 cm³/mol. The molecule has 6 rings (SSSR count). The first kappa shape index (κ1) is 24.4. The molecule has 2 aliphatic carbocycles. The number of hydrogen-bond donors (Lipinski definition) is 5. The molecule has 2 aromatic carbocycles. The Morgan fingerprint density at radius 3 is 2.70 bits per heavy atom. The lowest BCUT2D eigenvalue weighted by Gasteiger charge is -2.36. The summed E-state index contributed by atoms with van der Waals surface area (Å²) in [4.78, 5) is 27.8. The van der Waals surface area contributed by atoms with Gasteiger partial charge in [0, 0.05) is 29.2 Å². The van der Waals surface area contributed by atoms with Gasteiger partial charge in [-0.3, -0.25) is 9.59 Å². The molecular weight excluding hydrogens is 486 g/mol. The molecule has 0 bridgehead atoms. The van der Waals surface area contributed by atoms with E-state index in [4.69, 9.17) is 21.9 Å². The van der Waals surface area contributed by atoms with Gasteiger partial charge in [0.25, 0.3) is 5.91 Å². The Morgan fingerprint density at radius 2 is 1.95 bits per heavy atom. The van der Waals surface area contributed by atoms with Crippen LogP contribution in [0.4, 0.5) is 5.69 Å². The van der Waals surface area contributed by atoms with Crippen LogP contribution in [0.25, 0.3) is 10.1 Å². The number of thiophene rings is 1. The molecule has 3 aliphatic rings. The van der Waals surface area contributed by atoms with Crippen molar-refractivity contribution in [1.29, 1.82) is 0 Å². The molecule has 1 aromatic heterocycles. The number of nitrogens with one attached hydrogen (secondary N) is 2. The van der Waals surface area contributed by atoms with Crippen molar-refractivity contribution in [3.63, 3.8) is 0 Å². The maximum atomic E-state index is 14.0. The smallest absolute Gasteiger partial charge is 0.262 e. The molecule has 0 radical (unpaired) electrons. The lowest BCUT2D eigenvalue weighted by Crippen LogP contribution is -2.52. The zero-order valence-corrected chi connectivity index (χ0v) is 21.5. The number of ether oxygens (including phenoxy) is 1. The van der Waals surface area contributed by atoms with Gasteiger partial charge in [-0.15, -0.1) is 11.3 Å². The number of anilines is 1. The van der Waals surface area contributed by atoms with Crippen molar-refractivity contribution < 1.29 is 14.3 Å². The molecule has 9 heteroatoms. The van der Waals surface area contributed by atoms with Crippen LogP contribution in [-0.2, 0) is 10.3 Å². The first-order chi connectivity index (χ1) is 17.9. The van der Waals surface area contributed by atoms with E-state index < -0.39 is 11.6 Å². The quantitative estimate of drug-likeness (QED) is 0.326. The lowest BCUT2D eigenvalue weighted by molar-refractivity contribution is -0.124. The zero-order chi connectivity index (χ0) is 25.7. The van der Waals surface area contributed by atoms with Gasteiger partial charge in [-0.1, -0.05) is 18.2 Å². The van der Waals surface area contributed by atoms with Crippen molar-refractivity contribution >= 4 is 38.8 Å². The number of nitrogen functional groups attached to an aromatic ring is 1. The molecule has 1 aliphatic heterocycles. The minimum Gasteiger partial charge on any atom is -0.490 e. The summed E-state index contributed by atoms with van der Waals surface area (Å²) in [6, 6.07) is 9.99. The maximum absolute atomic E-state index is 14.0. The van der Waals surface area contributed by atoms with Crippen LogP contribution in [0.1, 0.15) is 70.9 Å². The Bertz CT molecular complexity index is 1380. The molecule has 3 unspecified atom stereocenters. The molecule has 1 saturated carbocycles. The van der Waals surface area contributed by atoms with Gasteiger partial charge in [0.05, 0.1) is 21.7 Å². The van der Waals surface area contributed by atoms with Gasteiger partial charge in [-0.25, -0.2) is 0 Å². The van der Waals surface area contributed by atoms with E-state index in [1.165, 1.54) is 11.3 Å². The van der Waals surface area contributed by atoms with E-state index in [1.54, 1.807) is 12.1 Å². The first-order valence-electron chi connectivity index (χ1n) is 13.1. The maximum Gasteiger partial charge on any atom is 0.262 e. The molecule has 2 heterocycles. The average Bonchev–Trinajstić information content (AvgIpc) is 3.56. The van der Waals surface area contributed by atoms with Crippen molar-refractivity contribution in [2.75, 3.05) is 18.8 Å². The number of nitrogens with two attached hydrogens (primary N) is 3. The Balaban J connectivity index is 1.44. The summed E-state index contributed by atoms with van der Waals surface area (Å²) in [5.74, 6) is 0.116. The summed E-state index contributed by atoms with van der Waals surface area (Å²) in [6.07, 6.45) is 6.47. The van der Waals surface area contributed by atoms with Gasteiger partial charge in [0.15, 0.2) is 5.78 Å². The van der Waals surface area contributed by atoms with Crippen LogP contribution in [0.3, 0.4) is 0 Å². The molecule has 1 amide bonds. The topological polar surface area (TPSA) is 145 Å². The lowest BCUT2D eigenvalue weighted by atomic mass is 9.70. The summed E-state index contributed by atoms with van der Waals surface area (Å²) >= 11 is 1.28. The molecule has 8 N–H and O–H groups in total. The fourth-order valence-electron chi connectivity index (χ4n) is 6.09. The highest BCUT2D eigenvalue weighted by molar-refractivity contribution is 7.21. The Kier molecular flexibility index (Phi) is 6.19. The summed E-state index contributed by atoms with van der Waals surface area (Å²) in [6.45, 7) is 1.67. The fraction of sp³-hybridized carbons (Fsp3) is 0.429. The second-order valence-electron chi connectivity index (χ2n) is 10.5. The summed E-state index contributed by atoms with van der Waals surface area (Å²) in [7, 11) is 0. The highest BCUT2D eigenvalue weighted by atomic mass is 32.1. The molecular formula is C28H33N5O3S. The number of piperidine rings is 1. The minimum absolute atomic E-state index is 0.0298. The van der Waals surface area contributed by atoms with Crippen LogP contribution >= 0.6 is 11.3 Å². The third kappa shape index (κ3) is 4.01. The van der Waals surface area contributed by atoms with Gasteiger partial charge in [-0.05, 0) is 74.4 Å². The van der Waals surface area contributed by atoms with Crippen LogP contribution in [0, 0.1) is 0 Å². The van der Waals surface area contributed by atoms with Crippen molar-refractivity contribution in [1.82, 2.24) is 10.6 Å². The van der Waals surface area contributed by atoms with Crippen LogP contribution in [-0.4, -0.2) is 36.9 Å². The second-order valence-corrected chi connectivity index (χ2v) is 11.5. The third-order valence-electron chi connectivity index (χ3n) is 8.05. The number of amides is 1. The second kappa shape index (κ2) is 9.40. The van der Waals surface area contributed by atoms with Crippen molar-refractivity contribution in [2.45, 2.75) is 62.3 Å². The zero-order valence-electron chi connectivity index (χ0n) is 20.7. The molecule has 3 atom stereocenters. The van der Waals surface area contributed by atoms with Crippen LogP contribution < -0.4 is 32.6 Å². The van der Waals surface area contributed by atoms with E-state index in [9.17, 15) is 9.59 Å². The molecule has 1 saturated heterocycles. The van der Waals surface area contributed by atoms with Gasteiger partial charge in [0.1, 0.15) is 11.3 Å². The standard InChI is InChI=1S/C28H33N5O3S/c29-20-11-10-19-21-22(25(37-24(20)21)27(35)33-16-6-4-12-32-14-16)23(30)26(34)28(19,31)15-5-3-9-18(13-15)36-17-7-1-2-8-17/h3,5,9-11,13,16-17,23,32H,1-2,4,6-8,12,14,29-31H2,(H,33,35). The Morgan fingerprint density at radius 1 is 1.14 bits per heavy atom. The number of rotatable bonds is 5. The molecule has 3 aromatic rings. The van der Waals surface area contributed by atoms with Crippen molar-refractivity contribution in [3.8, 4) is 5.75 Å². The highest BCUT2D eigenvalue weighted by Gasteiger charge is 2.49. The van der Waals surface area contributed by atoms with Crippen LogP contribution in [0.5, 0.6) is 5.75 Å². The largest absolute Gasteiger partial charge is 0.490 e. The number of benzene rings is 2. The first-order valence-corrected chi connectivity index (χ1v) is 13.9. The van der Waals surface area contributed by atoms with Crippen LogP contribution in [0.15, 0.2) is 36.4 Å². The Labute approximate surface area is 219 Å². The normalized spacial score (nSPS) is 25.9.